The van der Waals surface area contributed by atoms with Crippen molar-refractivity contribution in [1.29, 1.82) is 0 Å². The van der Waals surface area contributed by atoms with E-state index in [0.29, 0.717) is 5.13 Å². The number of carbonyl (C=O) groups excluding carboxylic acids is 1. The number of anilines is 1. The topological polar surface area (TPSA) is 33.2 Å². The van der Waals surface area contributed by atoms with Gasteiger partial charge in [0.1, 0.15) is 0 Å². The Morgan fingerprint density at radius 1 is 1.90 bits per heavy atom. The Hall–Kier alpha value is -0.610. The number of hydrogen-bond donors (Lipinski definition) is 0. The summed E-state index contributed by atoms with van der Waals surface area (Å²) >= 11 is 6.54. The minimum atomic E-state index is -0.519. The molecule has 1 amide bonds. The van der Waals surface area contributed by atoms with Crippen LogP contribution in [-0.4, -0.2) is 17.4 Å². The Kier molecular flexibility index (Phi) is 2.24. The molecule has 0 spiro atoms. The molecule has 0 aromatic carbocycles. The summed E-state index contributed by atoms with van der Waals surface area (Å²) < 4.78 is 0. The van der Waals surface area contributed by atoms with Crippen molar-refractivity contribution in [1.82, 2.24) is 4.98 Å². The number of halogens is 1. The lowest BCUT2D eigenvalue weighted by molar-refractivity contribution is 0.265. The SMILES string of the molecule is CN(C(=O)Cl)c1nccs1. The van der Waals surface area contributed by atoms with Gasteiger partial charge in [-0.15, -0.1) is 11.3 Å². The average Bonchev–Trinajstić information content (AvgIpc) is 2.36. The summed E-state index contributed by atoms with van der Waals surface area (Å²) in [7, 11) is 1.58. The molecule has 0 unspecified atom stereocenters. The quantitative estimate of drug-likeness (QED) is 0.484. The first-order valence-corrected chi connectivity index (χ1v) is 3.80. The van der Waals surface area contributed by atoms with E-state index in [0.717, 1.165) is 0 Å². The highest BCUT2D eigenvalue weighted by atomic mass is 35.5. The molecule has 0 radical (unpaired) electrons. The van der Waals surface area contributed by atoms with E-state index < -0.39 is 5.37 Å². The molecule has 0 saturated carbocycles. The van der Waals surface area contributed by atoms with Crippen molar-refractivity contribution < 1.29 is 4.79 Å². The lowest BCUT2D eigenvalue weighted by Gasteiger charge is -2.06. The van der Waals surface area contributed by atoms with Gasteiger partial charge in [0.2, 0.25) is 0 Å². The van der Waals surface area contributed by atoms with Crippen LogP contribution in [0.15, 0.2) is 11.6 Å². The zero-order valence-corrected chi connectivity index (χ0v) is 6.82. The molecule has 1 aromatic heterocycles. The predicted molar refractivity (Wildman–Crippen MR) is 41.8 cm³/mol. The highest BCUT2D eigenvalue weighted by molar-refractivity contribution is 7.14. The second kappa shape index (κ2) is 2.98. The second-order valence-corrected chi connectivity index (χ2v) is 2.82. The van der Waals surface area contributed by atoms with E-state index >= 15 is 0 Å². The smallest absolute Gasteiger partial charge is 0.278 e. The van der Waals surface area contributed by atoms with E-state index in [-0.39, 0.29) is 0 Å². The van der Waals surface area contributed by atoms with Gasteiger partial charge in [0.15, 0.2) is 5.13 Å². The van der Waals surface area contributed by atoms with Gasteiger partial charge in [-0.25, -0.2) is 4.98 Å². The van der Waals surface area contributed by atoms with E-state index in [1.807, 2.05) is 0 Å². The third kappa shape index (κ3) is 1.46. The largest absolute Gasteiger partial charge is 0.322 e. The number of aromatic nitrogens is 1. The summed E-state index contributed by atoms with van der Waals surface area (Å²) in [5.41, 5.74) is 0. The molecule has 1 aromatic rings. The first kappa shape index (κ1) is 7.50. The van der Waals surface area contributed by atoms with Crippen molar-refractivity contribution in [2.24, 2.45) is 0 Å². The fourth-order valence-corrected chi connectivity index (χ4v) is 1.19. The normalized spacial score (nSPS) is 9.40. The molecule has 5 heteroatoms. The van der Waals surface area contributed by atoms with Crippen molar-refractivity contribution in [3.05, 3.63) is 11.6 Å². The van der Waals surface area contributed by atoms with Gasteiger partial charge in [0.05, 0.1) is 0 Å². The summed E-state index contributed by atoms with van der Waals surface area (Å²) in [5.74, 6) is 0. The molecule has 54 valence electrons. The number of thiazole rings is 1. The third-order valence-corrected chi connectivity index (χ3v) is 2.07. The maximum atomic E-state index is 10.5. The molecule has 0 aliphatic rings. The minimum Gasteiger partial charge on any atom is -0.278 e. The summed E-state index contributed by atoms with van der Waals surface area (Å²) in [5, 5.41) is 1.88. The van der Waals surface area contributed by atoms with E-state index in [1.165, 1.54) is 16.2 Å². The van der Waals surface area contributed by atoms with Crippen LogP contribution in [0.5, 0.6) is 0 Å². The zero-order valence-electron chi connectivity index (χ0n) is 5.24. The molecular formula is C5H5ClN2OS. The third-order valence-electron chi connectivity index (χ3n) is 0.970. The second-order valence-electron chi connectivity index (χ2n) is 1.63. The van der Waals surface area contributed by atoms with Crippen molar-refractivity contribution in [3.63, 3.8) is 0 Å². The van der Waals surface area contributed by atoms with Gasteiger partial charge in [-0.05, 0) is 11.6 Å². The summed E-state index contributed by atoms with van der Waals surface area (Å²) in [6.45, 7) is 0. The number of amides is 1. The standard InChI is InChI=1S/C5H5ClN2OS/c1-8(4(6)9)5-7-2-3-10-5/h2-3H,1H3. The average molecular weight is 177 g/mol. The van der Waals surface area contributed by atoms with E-state index in [1.54, 1.807) is 18.6 Å². The molecule has 10 heavy (non-hydrogen) atoms. The van der Waals surface area contributed by atoms with Crippen molar-refractivity contribution in [2.75, 3.05) is 11.9 Å². The maximum Gasteiger partial charge on any atom is 0.322 e. The Labute approximate surface area is 67.2 Å². The molecule has 0 N–H and O–H groups in total. The van der Waals surface area contributed by atoms with E-state index in [2.05, 4.69) is 4.98 Å². The number of hydrogen-bond acceptors (Lipinski definition) is 3. The maximum absolute atomic E-state index is 10.5. The molecule has 0 aliphatic heterocycles. The van der Waals surface area contributed by atoms with Gasteiger partial charge in [0, 0.05) is 18.6 Å². The van der Waals surface area contributed by atoms with Gasteiger partial charge in [-0.3, -0.25) is 9.69 Å². The van der Waals surface area contributed by atoms with E-state index in [9.17, 15) is 4.79 Å². The highest BCUT2D eigenvalue weighted by Crippen LogP contribution is 2.16. The molecule has 1 heterocycles. The lowest BCUT2D eigenvalue weighted by Crippen LogP contribution is -2.18. The Bertz CT molecular complexity index is 224. The Morgan fingerprint density at radius 3 is 3.00 bits per heavy atom. The first-order chi connectivity index (χ1) is 4.72. The van der Waals surface area contributed by atoms with Gasteiger partial charge in [-0.2, -0.15) is 0 Å². The highest BCUT2D eigenvalue weighted by Gasteiger charge is 2.08. The van der Waals surface area contributed by atoms with Crippen LogP contribution in [0.4, 0.5) is 9.93 Å². The van der Waals surface area contributed by atoms with Gasteiger partial charge in [0.25, 0.3) is 0 Å². The molecule has 0 fully saturated rings. The molecule has 3 nitrogen and oxygen atoms in total. The molecule has 0 atom stereocenters. The van der Waals surface area contributed by atoms with Gasteiger partial charge in [-0.1, -0.05) is 0 Å². The molecule has 0 saturated heterocycles. The number of carbonyl (C=O) groups is 1. The van der Waals surface area contributed by atoms with Crippen LogP contribution in [0.1, 0.15) is 0 Å². The molecule has 1 rings (SSSR count). The Balaban J connectivity index is 2.77. The summed E-state index contributed by atoms with van der Waals surface area (Å²) in [6.07, 6.45) is 1.62. The van der Waals surface area contributed by atoms with Crippen LogP contribution in [0.25, 0.3) is 0 Å². The molecular weight excluding hydrogens is 172 g/mol. The summed E-state index contributed by atoms with van der Waals surface area (Å²) in [4.78, 5) is 15.7. The van der Waals surface area contributed by atoms with Crippen molar-refractivity contribution in [2.45, 2.75) is 0 Å². The van der Waals surface area contributed by atoms with E-state index in [4.69, 9.17) is 11.6 Å². The van der Waals surface area contributed by atoms with Gasteiger partial charge >= 0.3 is 5.37 Å². The fraction of sp³-hybridized carbons (Fsp3) is 0.200. The van der Waals surface area contributed by atoms with Crippen LogP contribution in [-0.2, 0) is 0 Å². The minimum absolute atomic E-state index is 0.519. The molecule has 0 aliphatic carbocycles. The lowest BCUT2D eigenvalue weighted by atomic mass is 10.9. The van der Waals surface area contributed by atoms with Crippen LogP contribution in [0.2, 0.25) is 0 Å². The molecule has 0 bridgehead atoms. The van der Waals surface area contributed by atoms with Crippen LogP contribution in [0.3, 0.4) is 0 Å². The fourth-order valence-electron chi connectivity index (χ4n) is 0.457. The van der Waals surface area contributed by atoms with Crippen LogP contribution < -0.4 is 4.90 Å². The van der Waals surface area contributed by atoms with Crippen LogP contribution in [0, 0.1) is 0 Å². The monoisotopic (exact) mass is 176 g/mol. The number of nitrogens with zero attached hydrogens (tertiary/aromatic N) is 2. The van der Waals surface area contributed by atoms with Crippen molar-refractivity contribution >= 4 is 33.4 Å². The van der Waals surface area contributed by atoms with Crippen molar-refractivity contribution in [3.8, 4) is 0 Å². The Morgan fingerprint density at radius 2 is 2.60 bits per heavy atom. The predicted octanol–water partition coefficient (Wildman–Crippen LogP) is 1.94. The number of rotatable bonds is 1. The van der Waals surface area contributed by atoms with Gasteiger partial charge < -0.3 is 0 Å². The first-order valence-electron chi connectivity index (χ1n) is 2.54. The zero-order chi connectivity index (χ0) is 7.56. The summed E-state index contributed by atoms with van der Waals surface area (Å²) in [6, 6.07) is 0. The van der Waals surface area contributed by atoms with Crippen LogP contribution >= 0.6 is 22.9 Å².